The van der Waals surface area contributed by atoms with Crippen LogP contribution in [0.15, 0.2) is 24.8 Å². The number of pyridine rings is 1. The molecule has 2 aromatic rings. The summed E-state index contributed by atoms with van der Waals surface area (Å²) in [5.41, 5.74) is 3.62. The topological polar surface area (TPSA) is 30.7 Å². The van der Waals surface area contributed by atoms with Crippen LogP contribution >= 0.6 is 0 Å². The van der Waals surface area contributed by atoms with Crippen LogP contribution in [0.5, 0.6) is 0 Å². The number of aryl methyl sites for hydroxylation is 2. The van der Waals surface area contributed by atoms with E-state index in [1.165, 1.54) is 11.1 Å². The summed E-state index contributed by atoms with van der Waals surface area (Å²) in [5, 5.41) is 0. The highest BCUT2D eigenvalue weighted by Gasteiger charge is 2.17. The molecular weight excluding hydrogens is 210 g/mol. The molecule has 3 nitrogen and oxygen atoms in total. The van der Waals surface area contributed by atoms with E-state index < -0.39 is 0 Å². The lowest BCUT2D eigenvalue weighted by atomic mass is 9.93. The Labute approximate surface area is 103 Å². The number of aromatic nitrogens is 3. The van der Waals surface area contributed by atoms with Crippen LogP contribution < -0.4 is 0 Å². The summed E-state index contributed by atoms with van der Waals surface area (Å²) in [4.78, 5) is 8.87. The van der Waals surface area contributed by atoms with Crippen LogP contribution in [0.4, 0.5) is 0 Å². The molecule has 0 amide bonds. The average molecular weight is 229 g/mol. The van der Waals surface area contributed by atoms with Gasteiger partial charge in [-0.25, -0.2) is 9.97 Å². The van der Waals surface area contributed by atoms with Crippen molar-refractivity contribution in [1.29, 1.82) is 0 Å². The van der Waals surface area contributed by atoms with Crippen molar-refractivity contribution >= 4 is 0 Å². The fourth-order valence-electron chi connectivity index (χ4n) is 1.59. The molecule has 0 bridgehead atoms. The summed E-state index contributed by atoms with van der Waals surface area (Å²) in [7, 11) is 0. The molecule has 0 fully saturated rings. The summed E-state index contributed by atoms with van der Waals surface area (Å²) in [6.07, 6.45) is 5.79. The highest BCUT2D eigenvalue weighted by Crippen LogP contribution is 2.21. The van der Waals surface area contributed by atoms with Crippen LogP contribution in [0.3, 0.4) is 0 Å². The number of imidazole rings is 1. The summed E-state index contributed by atoms with van der Waals surface area (Å²) in [5.74, 6) is 0.927. The minimum Gasteiger partial charge on any atom is -0.290 e. The first kappa shape index (κ1) is 11.8. The molecule has 0 aromatic carbocycles. The molecule has 0 aliphatic carbocycles. The maximum Gasteiger partial charge on any atom is 0.138 e. The average Bonchev–Trinajstić information content (AvgIpc) is 2.70. The van der Waals surface area contributed by atoms with E-state index in [4.69, 9.17) is 0 Å². The fourth-order valence-corrected chi connectivity index (χ4v) is 1.59. The van der Waals surface area contributed by atoms with Gasteiger partial charge in [0, 0.05) is 17.8 Å². The zero-order valence-electron chi connectivity index (χ0n) is 11.2. The van der Waals surface area contributed by atoms with Crippen molar-refractivity contribution in [3.05, 3.63) is 41.6 Å². The van der Waals surface area contributed by atoms with Gasteiger partial charge in [-0.2, -0.15) is 0 Å². The van der Waals surface area contributed by atoms with Gasteiger partial charge >= 0.3 is 0 Å². The van der Waals surface area contributed by atoms with Crippen LogP contribution in [0.2, 0.25) is 0 Å². The lowest BCUT2D eigenvalue weighted by molar-refractivity contribution is 0.572. The molecule has 17 heavy (non-hydrogen) atoms. The van der Waals surface area contributed by atoms with E-state index in [1.807, 2.05) is 17.1 Å². The Kier molecular flexibility index (Phi) is 2.77. The molecule has 2 aromatic heterocycles. The van der Waals surface area contributed by atoms with Crippen LogP contribution in [-0.4, -0.2) is 14.5 Å². The summed E-state index contributed by atoms with van der Waals surface area (Å²) >= 11 is 0. The Morgan fingerprint density at radius 2 is 1.76 bits per heavy atom. The zero-order valence-corrected chi connectivity index (χ0v) is 11.2. The van der Waals surface area contributed by atoms with Gasteiger partial charge in [0.05, 0.1) is 5.69 Å². The summed E-state index contributed by atoms with van der Waals surface area (Å²) < 4.78 is 1.98. The Bertz CT molecular complexity index is 533. The van der Waals surface area contributed by atoms with Gasteiger partial charge in [-0.3, -0.25) is 4.57 Å². The van der Waals surface area contributed by atoms with Crippen molar-refractivity contribution in [1.82, 2.24) is 14.5 Å². The van der Waals surface area contributed by atoms with Gasteiger partial charge in [-0.05, 0) is 31.0 Å². The van der Waals surface area contributed by atoms with E-state index in [2.05, 4.69) is 56.8 Å². The third-order valence-electron chi connectivity index (χ3n) is 2.97. The number of nitrogens with zero attached hydrogens (tertiary/aromatic N) is 3. The molecule has 0 unspecified atom stereocenters. The summed E-state index contributed by atoms with van der Waals surface area (Å²) in [6, 6.07) is 2.09. The summed E-state index contributed by atoms with van der Waals surface area (Å²) in [6.45, 7) is 10.6. The smallest absolute Gasteiger partial charge is 0.138 e. The van der Waals surface area contributed by atoms with Gasteiger partial charge in [-0.1, -0.05) is 20.8 Å². The van der Waals surface area contributed by atoms with Crippen LogP contribution in [-0.2, 0) is 5.41 Å². The van der Waals surface area contributed by atoms with E-state index in [0.717, 1.165) is 11.5 Å². The molecule has 0 atom stereocenters. The van der Waals surface area contributed by atoms with Crippen LogP contribution in [0.25, 0.3) is 5.82 Å². The van der Waals surface area contributed by atoms with Gasteiger partial charge in [0.1, 0.15) is 12.1 Å². The lowest BCUT2D eigenvalue weighted by Crippen LogP contribution is -2.11. The van der Waals surface area contributed by atoms with Crippen LogP contribution in [0, 0.1) is 13.8 Å². The molecule has 2 rings (SSSR count). The van der Waals surface area contributed by atoms with Gasteiger partial charge in [-0.15, -0.1) is 0 Å². The number of hydrogen-bond donors (Lipinski definition) is 0. The molecule has 0 aliphatic rings. The monoisotopic (exact) mass is 229 g/mol. The predicted octanol–water partition coefficient (Wildman–Crippen LogP) is 3.18. The fraction of sp³-hybridized carbons (Fsp3) is 0.429. The standard InChI is InChI=1S/C14H19N3/c1-10-6-13(15-7-11(10)2)17-8-12(16-9-17)14(3,4)5/h6-9H,1-5H3. The lowest BCUT2D eigenvalue weighted by Gasteiger charge is -2.14. The van der Waals surface area contributed by atoms with E-state index in [0.29, 0.717) is 0 Å². The number of rotatable bonds is 1. The maximum absolute atomic E-state index is 4.44. The Morgan fingerprint density at radius 3 is 2.29 bits per heavy atom. The van der Waals surface area contributed by atoms with Crippen molar-refractivity contribution in [3.8, 4) is 5.82 Å². The van der Waals surface area contributed by atoms with Gasteiger partial charge in [0.25, 0.3) is 0 Å². The van der Waals surface area contributed by atoms with Gasteiger partial charge < -0.3 is 0 Å². The molecule has 0 saturated carbocycles. The molecule has 0 N–H and O–H groups in total. The van der Waals surface area contributed by atoms with E-state index in [9.17, 15) is 0 Å². The van der Waals surface area contributed by atoms with Crippen LogP contribution in [0.1, 0.15) is 37.6 Å². The van der Waals surface area contributed by atoms with Crippen molar-refractivity contribution in [2.75, 3.05) is 0 Å². The molecule has 0 saturated heterocycles. The second-order valence-electron chi connectivity index (χ2n) is 5.54. The molecule has 2 heterocycles. The molecule has 0 spiro atoms. The first-order valence-electron chi connectivity index (χ1n) is 5.86. The second kappa shape index (κ2) is 3.99. The van der Waals surface area contributed by atoms with Gasteiger partial charge in [0.2, 0.25) is 0 Å². The highest BCUT2D eigenvalue weighted by atomic mass is 15.1. The first-order valence-corrected chi connectivity index (χ1v) is 5.86. The van der Waals surface area contributed by atoms with E-state index in [1.54, 1.807) is 0 Å². The minimum absolute atomic E-state index is 0.0744. The quantitative estimate of drug-likeness (QED) is 0.752. The van der Waals surface area contributed by atoms with E-state index >= 15 is 0 Å². The van der Waals surface area contributed by atoms with Crippen molar-refractivity contribution in [3.63, 3.8) is 0 Å². The van der Waals surface area contributed by atoms with Crippen molar-refractivity contribution in [2.24, 2.45) is 0 Å². The molecular formula is C14H19N3. The second-order valence-corrected chi connectivity index (χ2v) is 5.54. The maximum atomic E-state index is 4.44. The van der Waals surface area contributed by atoms with Crippen molar-refractivity contribution < 1.29 is 0 Å². The Hall–Kier alpha value is -1.64. The molecule has 0 radical (unpaired) electrons. The van der Waals surface area contributed by atoms with E-state index in [-0.39, 0.29) is 5.41 Å². The highest BCUT2D eigenvalue weighted by molar-refractivity contribution is 5.32. The largest absolute Gasteiger partial charge is 0.290 e. The zero-order chi connectivity index (χ0) is 12.6. The van der Waals surface area contributed by atoms with Crippen molar-refractivity contribution in [2.45, 2.75) is 40.0 Å². The predicted molar refractivity (Wildman–Crippen MR) is 69.5 cm³/mol. The Balaban J connectivity index is 2.40. The molecule has 3 heteroatoms. The minimum atomic E-state index is 0.0744. The first-order chi connectivity index (χ1) is 7.88. The molecule has 0 aliphatic heterocycles. The SMILES string of the molecule is Cc1cnc(-n2cnc(C(C)(C)C)c2)cc1C. The third kappa shape index (κ3) is 2.38. The number of hydrogen-bond acceptors (Lipinski definition) is 2. The van der Waals surface area contributed by atoms with Gasteiger partial charge in [0.15, 0.2) is 0 Å². The normalized spacial score (nSPS) is 11.8. The third-order valence-corrected chi connectivity index (χ3v) is 2.97. The molecule has 90 valence electrons. The Morgan fingerprint density at radius 1 is 1.06 bits per heavy atom.